The van der Waals surface area contributed by atoms with Gasteiger partial charge in [-0.15, -0.1) is 12.4 Å². The lowest BCUT2D eigenvalue weighted by atomic mass is 9.96. The molecule has 1 aromatic carbocycles. The molecule has 2 aliphatic rings. The van der Waals surface area contributed by atoms with Crippen molar-refractivity contribution in [3.05, 3.63) is 53.7 Å². The molecule has 2 bridgehead atoms. The zero-order chi connectivity index (χ0) is 28.5. The van der Waals surface area contributed by atoms with E-state index in [0.717, 1.165) is 18.7 Å². The third-order valence-corrected chi connectivity index (χ3v) is 7.45. The molecular formula is C29H41ClN6O5. The van der Waals surface area contributed by atoms with E-state index in [1.54, 1.807) is 0 Å². The van der Waals surface area contributed by atoms with Gasteiger partial charge in [0.1, 0.15) is 24.4 Å². The molecule has 1 aromatic heterocycles. The number of nitrogens with zero attached hydrogens (tertiary/aromatic N) is 1. The van der Waals surface area contributed by atoms with Crippen molar-refractivity contribution in [1.29, 1.82) is 0 Å². The van der Waals surface area contributed by atoms with Crippen LogP contribution in [0.5, 0.6) is 0 Å². The second-order valence-corrected chi connectivity index (χ2v) is 10.9. The van der Waals surface area contributed by atoms with E-state index < -0.39 is 29.9 Å². The molecular weight excluding hydrogens is 548 g/mol. The van der Waals surface area contributed by atoms with Gasteiger partial charge in [0, 0.05) is 18.9 Å². The smallest absolute Gasteiger partial charge is 0.273 e. The topological polar surface area (TPSA) is 154 Å². The molecule has 0 spiro atoms. The Kier molecular flexibility index (Phi) is 12.2. The maximum absolute atomic E-state index is 13.7. The molecule has 41 heavy (non-hydrogen) atoms. The molecule has 1 fully saturated rings. The number of carbonyl (C=O) groups excluding carboxylic acids is 4. The molecule has 0 radical (unpaired) electrons. The van der Waals surface area contributed by atoms with Gasteiger partial charge in [-0.3, -0.25) is 19.2 Å². The maximum atomic E-state index is 13.7. The summed E-state index contributed by atoms with van der Waals surface area (Å²) in [6, 6.07) is 7.11. The molecule has 224 valence electrons. The zero-order valence-electron chi connectivity index (χ0n) is 23.6. The average Bonchev–Trinajstić information content (AvgIpc) is 3.45. The fourth-order valence-electron chi connectivity index (χ4n) is 5.04. The Balaban J connectivity index is 0.00000462. The van der Waals surface area contributed by atoms with Crippen molar-refractivity contribution in [1.82, 2.24) is 31.6 Å². The monoisotopic (exact) mass is 588 g/mol. The lowest BCUT2D eigenvalue weighted by Crippen LogP contribution is -2.56. The van der Waals surface area contributed by atoms with E-state index in [0.29, 0.717) is 38.6 Å². The van der Waals surface area contributed by atoms with Crippen LogP contribution in [0.4, 0.5) is 0 Å². The number of rotatable bonds is 5. The first-order valence-electron chi connectivity index (χ1n) is 14.2. The minimum Gasteiger partial charge on any atom is -0.446 e. The first kappa shape index (κ1) is 32.1. The molecule has 3 atom stereocenters. The Morgan fingerprint density at radius 3 is 2.44 bits per heavy atom. The minimum absolute atomic E-state index is 0. The van der Waals surface area contributed by atoms with E-state index in [2.05, 4.69) is 31.6 Å². The Morgan fingerprint density at radius 1 is 1.00 bits per heavy atom. The van der Waals surface area contributed by atoms with Crippen molar-refractivity contribution in [2.24, 2.45) is 11.8 Å². The number of nitrogens with one attached hydrogen (secondary N) is 5. The number of halogens is 1. The van der Waals surface area contributed by atoms with E-state index in [1.165, 1.54) is 6.26 Å². The van der Waals surface area contributed by atoms with Gasteiger partial charge in [-0.25, -0.2) is 4.98 Å². The number of benzene rings is 1. The normalized spacial score (nSPS) is 23.1. The van der Waals surface area contributed by atoms with Crippen molar-refractivity contribution < 1.29 is 23.6 Å². The molecule has 0 saturated carbocycles. The van der Waals surface area contributed by atoms with Crippen LogP contribution in [0.25, 0.3) is 0 Å². The van der Waals surface area contributed by atoms with Gasteiger partial charge >= 0.3 is 0 Å². The molecule has 2 aliphatic heterocycles. The summed E-state index contributed by atoms with van der Waals surface area (Å²) in [6.45, 7) is 5.72. The van der Waals surface area contributed by atoms with Gasteiger partial charge in [-0.1, -0.05) is 44.2 Å². The Bertz CT molecular complexity index is 1170. The largest absolute Gasteiger partial charge is 0.446 e. The van der Waals surface area contributed by atoms with E-state index in [4.69, 9.17) is 4.42 Å². The standard InChI is InChI=1S/C29H40N6O5.ClH/c1-18(2)24-29-34-23(17-40-29)26(37)31-13-7-6-10-21(32-25(36)20-11-14-30-15-12-20)27(38)33-22(28(39)35-24)16-19-8-4-3-5-9-19;/h3-5,8-9,17-18,20-22,24,30H,6-7,10-16H2,1-2H3,(H,31,37)(H,32,36)(H,33,38)(H,35,39);1H/t21-,22-,24-;/m0./s1. The summed E-state index contributed by atoms with van der Waals surface area (Å²) in [4.78, 5) is 57.3. The van der Waals surface area contributed by atoms with Gasteiger partial charge in [-0.05, 0) is 56.7 Å². The van der Waals surface area contributed by atoms with Crippen LogP contribution in [-0.2, 0) is 20.8 Å². The molecule has 12 heteroatoms. The average molecular weight is 589 g/mol. The molecule has 0 unspecified atom stereocenters. The highest BCUT2D eigenvalue weighted by Gasteiger charge is 2.32. The van der Waals surface area contributed by atoms with Crippen LogP contribution in [0.1, 0.15) is 73.9 Å². The van der Waals surface area contributed by atoms with Crippen molar-refractivity contribution in [2.45, 2.75) is 70.5 Å². The predicted octanol–water partition coefficient (Wildman–Crippen LogP) is 2.04. The fourth-order valence-corrected chi connectivity index (χ4v) is 5.04. The third-order valence-electron chi connectivity index (χ3n) is 7.45. The summed E-state index contributed by atoms with van der Waals surface area (Å²) in [5.74, 6) is -1.38. The van der Waals surface area contributed by atoms with Crippen LogP contribution in [0.15, 0.2) is 41.0 Å². The van der Waals surface area contributed by atoms with Gasteiger partial charge in [0.05, 0.1) is 0 Å². The zero-order valence-corrected chi connectivity index (χ0v) is 24.4. The minimum atomic E-state index is -0.903. The van der Waals surface area contributed by atoms with Gasteiger partial charge < -0.3 is 31.0 Å². The number of carbonyl (C=O) groups is 4. The van der Waals surface area contributed by atoms with Crippen molar-refractivity contribution in [3.8, 4) is 0 Å². The Morgan fingerprint density at radius 2 is 1.73 bits per heavy atom. The van der Waals surface area contributed by atoms with Crippen LogP contribution in [-0.4, -0.2) is 60.3 Å². The van der Waals surface area contributed by atoms with Gasteiger partial charge in [-0.2, -0.15) is 0 Å². The second kappa shape index (κ2) is 15.5. The quantitative estimate of drug-likeness (QED) is 0.358. The summed E-state index contributed by atoms with van der Waals surface area (Å²) in [6.07, 6.45) is 4.54. The summed E-state index contributed by atoms with van der Waals surface area (Å²) >= 11 is 0. The molecule has 4 amide bonds. The third kappa shape index (κ3) is 9.02. The SMILES string of the molecule is CC(C)[C@@H]1NC(=O)[C@H](Cc2ccccc2)NC(=O)[C@@H](NC(=O)C2CCNCC2)CCCCNC(=O)c2coc1n2.Cl. The van der Waals surface area contributed by atoms with Crippen LogP contribution in [0, 0.1) is 11.8 Å². The van der Waals surface area contributed by atoms with E-state index in [9.17, 15) is 19.2 Å². The summed E-state index contributed by atoms with van der Waals surface area (Å²) in [5.41, 5.74) is 1.02. The highest BCUT2D eigenvalue weighted by atomic mass is 35.5. The van der Waals surface area contributed by atoms with Crippen molar-refractivity contribution in [2.75, 3.05) is 19.6 Å². The number of hydrogen-bond acceptors (Lipinski definition) is 7. The van der Waals surface area contributed by atoms with E-state index in [-0.39, 0.29) is 54.1 Å². The number of fused-ring (bicyclic) bond motifs is 2. The number of oxazole rings is 1. The molecule has 3 heterocycles. The molecule has 5 N–H and O–H groups in total. The number of hydrogen-bond donors (Lipinski definition) is 5. The second-order valence-electron chi connectivity index (χ2n) is 10.9. The predicted molar refractivity (Wildman–Crippen MR) is 155 cm³/mol. The highest BCUT2D eigenvalue weighted by molar-refractivity contribution is 5.93. The number of aromatic nitrogens is 1. The first-order valence-corrected chi connectivity index (χ1v) is 14.2. The summed E-state index contributed by atoms with van der Waals surface area (Å²) < 4.78 is 5.60. The molecule has 11 nitrogen and oxygen atoms in total. The van der Waals surface area contributed by atoms with Gasteiger partial charge in [0.15, 0.2) is 5.69 Å². The van der Waals surface area contributed by atoms with Gasteiger partial charge in [0.2, 0.25) is 23.6 Å². The lowest BCUT2D eigenvalue weighted by Gasteiger charge is -2.28. The fraction of sp³-hybridized carbons (Fsp3) is 0.552. The lowest BCUT2D eigenvalue weighted by molar-refractivity contribution is -0.134. The van der Waals surface area contributed by atoms with E-state index in [1.807, 2.05) is 44.2 Å². The van der Waals surface area contributed by atoms with Gasteiger partial charge in [0.25, 0.3) is 5.91 Å². The van der Waals surface area contributed by atoms with Crippen molar-refractivity contribution >= 4 is 36.0 Å². The maximum Gasteiger partial charge on any atom is 0.273 e. The summed E-state index contributed by atoms with van der Waals surface area (Å²) in [5, 5.41) is 14.9. The van der Waals surface area contributed by atoms with Crippen LogP contribution in [0.3, 0.4) is 0 Å². The van der Waals surface area contributed by atoms with Crippen LogP contribution < -0.4 is 26.6 Å². The van der Waals surface area contributed by atoms with Crippen LogP contribution in [0.2, 0.25) is 0 Å². The Labute approximate surface area is 246 Å². The number of amides is 4. The highest BCUT2D eigenvalue weighted by Crippen LogP contribution is 2.22. The van der Waals surface area contributed by atoms with Crippen LogP contribution >= 0.6 is 12.4 Å². The summed E-state index contributed by atoms with van der Waals surface area (Å²) in [7, 11) is 0. The molecule has 2 aromatic rings. The first-order chi connectivity index (χ1) is 19.3. The van der Waals surface area contributed by atoms with Crippen molar-refractivity contribution in [3.63, 3.8) is 0 Å². The molecule has 0 aliphatic carbocycles. The van der Waals surface area contributed by atoms with E-state index >= 15 is 0 Å². The molecule has 4 rings (SSSR count). The number of piperidine rings is 1. The Hall–Kier alpha value is -3.44. The molecule has 1 saturated heterocycles.